The lowest BCUT2D eigenvalue weighted by atomic mass is 10.2. The van der Waals surface area contributed by atoms with Gasteiger partial charge in [0, 0.05) is 10.6 Å². The van der Waals surface area contributed by atoms with Crippen LogP contribution in [0.3, 0.4) is 0 Å². The molecular weight excluding hydrogens is 440 g/mol. The van der Waals surface area contributed by atoms with Crippen LogP contribution in [0.5, 0.6) is 11.5 Å². The Morgan fingerprint density at radius 1 is 1.23 bits per heavy atom. The van der Waals surface area contributed by atoms with Crippen LogP contribution >= 0.6 is 23.4 Å². The molecule has 0 bridgehead atoms. The minimum Gasteiger partial charge on any atom is -0.490 e. The molecule has 0 aliphatic rings. The van der Waals surface area contributed by atoms with Gasteiger partial charge in [-0.2, -0.15) is 0 Å². The molecule has 2 aromatic carbocycles. The number of carboxylic acids is 1. The van der Waals surface area contributed by atoms with E-state index in [1.54, 1.807) is 42.5 Å². The molecular formula is C22H17ClN2O5S. The Bertz CT molecular complexity index is 1140. The summed E-state index contributed by atoms with van der Waals surface area (Å²) in [4.78, 5) is 11.8. The highest BCUT2D eigenvalue weighted by Gasteiger charge is 2.17. The molecule has 9 heteroatoms. The summed E-state index contributed by atoms with van der Waals surface area (Å²) in [5.41, 5.74) is 1.27. The van der Waals surface area contributed by atoms with Crippen LogP contribution in [-0.4, -0.2) is 34.5 Å². The average molecular weight is 457 g/mol. The van der Waals surface area contributed by atoms with E-state index in [4.69, 9.17) is 31.9 Å². The monoisotopic (exact) mass is 456 g/mol. The first-order valence-corrected chi connectivity index (χ1v) is 10.2. The smallest absolute Gasteiger partial charge is 0.342 e. The lowest BCUT2D eigenvalue weighted by Gasteiger charge is -2.11. The SMILES string of the molecule is C#CCOc1ccc(/C=C(\Sc2nnc(-c3ccc(Cl)cc3)o2)C(=O)O)cc1OCC. The topological polar surface area (TPSA) is 94.7 Å². The van der Waals surface area contributed by atoms with Gasteiger partial charge in [0.05, 0.1) is 6.61 Å². The molecule has 1 aromatic heterocycles. The van der Waals surface area contributed by atoms with Gasteiger partial charge >= 0.3 is 5.97 Å². The molecule has 0 spiro atoms. The van der Waals surface area contributed by atoms with Crippen LogP contribution in [-0.2, 0) is 4.79 Å². The lowest BCUT2D eigenvalue weighted by Crippen LogP contribution is -2.00. The second kappa shape index (κ2) is 10.6. The van der Waals surface area contributed by atoms with Crippen molar-refractivity contribution in [2.75, 3.05) is 13.2 Å². The average Bonchev–Trinajstić information content (AvgIpc) is 3.22. The summed E-state index contributed by atoms with van der Waals surface area (Å²) >= 11 is 6.73. The van der Waals surface area contributed by atoms with Gasteiger partial charge in [-0.15, -0.1) is 16.6 Å². The molecule has 3 rings (SSSR count). The van der Waals surface area contributed by atoms with Gasteiger partial charge in [0.15, 0.2) is 11.5 Å². The van der Waals surface area contributed by atoms with E-state index in [1.165, 1.54) is 6.08 Å². The van der Waals surface area contributed by atoms with E-state index in [9.17, 15) is 9.90 Å². The largest absolute Gasteiger partial charge is 0.490 e. The third-order valence-electron chi connectivity index (χ3n) is 3.78. The molecule has 1 heterocycles. The number of ether oxygens (including phenoxy) is 2. The van der Waals surface area contributed by atoms with Crippen molar-refractivity contribution in [1.29, 1.82) is 0 Å². The number of aliphatic carboxylic acids is 1. The van der Waals surface area contributed by atoms with E-state index >= 15 is 0 Å². The van der Waals surface area contributed by atoms with E-state index in [-0.39, 0.29) is 22.6 Å². The van der Waals surface area contributed by atoms with E-state index in [1.807, 2.05) is 6.92 Å². The zero-order chi connectivity index (χ0) is 22.2. The van der Waals surface area contributed by atoms with Gasteiger partial charge in [0.25, 0.3) is 5.22 Å². The fourth-order valence-corrected chi connectivity index (χ4v) is 3.26. The predicted octanol–water partition coefficient (Wildman–Crippen LogP) is 5.02. The molecule has 1 N–H and O–H groups in total. The van der Waals surface area contributed by atoms with Gasteiger partial charge in [0.1, 0.15) is 11.5 Å². The molecule has 0 amide bonds. The van der Waals surface area contributed by atoms with Crippen molar-refractivity contribution in [2.24, 2.45) is 0 Å². The highest BCUT2D eigenvalue weighted by Crippen LogP contribution is 2.33. The normalized spacial score (nSPS) is 11.1. The number of nitrogens with zero attached hydrogens (tertiary/aromatic N) is 2. The summed E-state index contributed by atoms with van der Waals surface area (Å²) in [6.07, 6.45) is 6.71. The maximum absolute atomic E-state index is 11.8. The van der Waals surface area contributed by atoms with Crippen molar-refractivity contribution in [3.63, 3.8) is 0 Å². The van der Waals surface area contributed by atoms with Crippen LogP contribution in [0, 0.1) is 12.3 Å². The zero-order valence-corrected chi connectivity index (χ0v) is 17.9. The van der Waals surface area contributed by atoms with Gasteiger partial charge in [-0.1, -0.05) is 23.6 Å². The molecule has 0 atom stereocenters. The van der Waals surface area contributed by atoms with Crippen LogP contribution in [0.1, 0.15) is 12.5 Å². The van der Waals surface area contributed by atoms with Crippen LogP contribution in [0.4, 0.5) is 0 Å². The summed E-state index contributed by atoms with van der Waals surface area (Å²) in [7, 11) is 0. The summed E-state index contributed by atoms with van der Waals surface area (Å²) in [5, 5.41) is 18.2. The number of hydrogen-bond acceptors (Lipinski definition) is 7. The van der Waals surface area contributed by atoms with Crippen LogP contribution in [0.15, 0.2) is 57.0 Å². The van der Waals surface area contributed by atoms with Crippen LogP contribution < -0.4 is 9.47 Å². The molecule has 3 aromatic rings. The standard InChI is InChI=1S/C22H17ClN2O5S/c1-3-11-29-17-10-5-14(12-18(17)28-4-2)13-19(21(26)27)31-22-25-24-20(30-22)15-6-8-16(23)9-7-15/h1,5-10,12-13H,4,11H2,2H3,(H,26,27)/b19-13-. The summed E-state index contributed by atoms with van der Waals surface area (Å²) in [5.74, 6) is 2.45. The molecule has 0 saturated carbocycles. The fourth-order valence-electron chi connectivity index (χ4n) is 2.46. The summed E-state index contributed by atoms with van der Waals surface area (Å²) < 4.78 is 16.6. The van der Waals surface area contributed by atoms with Crippen molar-refractivity contribution in [1.82, 2.24) is 10.2 Å². The van der Waals surface area contributed by atoms with Crippen molar-refractivity contribution in [3.05, 3.63) is 58.0 Å². The molecule has 0 aliphatic heterocycles. The van der Waals surface area contributed by atoms with E-state index < -0.39 is 5.97 Å². The van der Waals surface area contributed by atoms with Crippen LogP contribution in [0.25, 0.3) is 17.5 Å². The molecule has 0 radical (unpaired) electrons. The maximum Gasteiger partial charge on any atom is 0.342 e. The van der Waals surface area contributed by atoms with Crippen molar-refractivity contribution in [2.45, 2.75) is 12.1 Å². The first-order chi connectivity index (χ1) is 15.0. The third-order valence-corrected chi connectivity index (χ3v) is 4.89. The highest BCUT2D eigenvalue weighted by atomic mass is 35.5. The Morgan fingerprint density at radius 2 is 2.00 bits per heavy atom. The predicted molar refractivity (Wildman–Crippen MR) is 118 cm³/mol. The Morgan fingerprint density at radius 3 is 2.68 bits per heavy atom. The number of hydrogen-bond donors (Lipinski definition) is 1. The second-order valence-electron chi connectivity index (χ2n) is 5.93. The first kappa shape index (κ1) is 22.3. The van der Waals surface area contributed by atoms with Gasteiger partial charge in [-0.25, -0.2) is 4.79 Å². The molecule has 31 heavy (non-hydrogen) atoms. The zero-order valence-electron chi connectivity index (χ0n) is 16.4. The number of terminal acetylenes is 1. The number of aromatic nitrogens is 2. The molecule has 0 unspecified atom stereocenters. The minimum atomic E-state index is -1.14. The Balaban J connectivity index is 1.84. The number of halogens is 1. The van der Waals surface area contributed by atoms with Gasteiger partial charge < -0.3 is 19.0 Å². The summed E-state index contributed by atoms with van der Waals surface area (Å²) in [6, 6.07) is 11.9. The van der Waals surface area contributed by atoms with E-state index in [2.05, 4.69) is 16.1 Å². The second-order valence-corrected chi connectivity index (χ2v) is 7.36. The quantitative estimate of drug-likeness (QED) is 0.272. The molecule has 0 saturated heterocycles. The molecule has 0 aliphatic carbocycles. The Kier molecular flexibility index (Phi) is 7.60. The van der Waals surface area contributed by atoms with Crippen LogP contribution in [0.2, 0.25) is 5.02 Å². The molecule has 158 valence electrons. The fraction of sp³-hybridized carbons (Fsp3) is 0.136. The van der Waals surface area contributed by atoms with Gasteiger partial charge in [0.2, 0.25) is 5.89 Å². The van der Waals surface area contributed by atoms with E-state index in [0.717, 1.165) is 11.8 Å². The van der Waals surface area contributed by atoms with Crippen molar-refractivity contribution in [3.8, 4) is 35.3 Å². The van der Waals surface area contributed by atoms with Crippen molar-refractivity contribution >= 4 is 35.4 Å². The lowest BCUT2D eigenvalue weighted by molar-refractivity contribution is -0.131. The maximum atomic E-state index is 11.8. The first-order valence-electron chi connectivity index (χ1n) is 9.05. The number of carbonyl (C=O) groups is 1. The third kappa shape index (κ3) is 6.04. The van der Waals surface area contributed by atoms with Crippen molar-refractivity contribution < 1.29 is 23.8 Å². The number of rotatable bonds is 9. The molecule has 7 nitrogen and oxygen atoms in total. The Hall–Kier alpha value is -3.41. The highest BCUT2D eigenvalue weighted by molar-refractivity contribution is 8.03. The number of benzene rings is 2. The molecule has 0 fully saturated rings. The Labute approximate surface area is 188 Å². The number of thioether (sulfide) groups is 1. The summed E-state index contributed by atoms with van der Waals surface area (Å²) in [6.45, 7) is 2.34. The minimum absolute atomic E-state index is 0.00829. The number of carboxylic acid groups (broad SMARTS) is 1. The van der Waals surface area contributed by atoms with E-state index in [0.29, 0.717) is 34.3 Å². The van der Waals surface area contributed by atoms with Gasteiger partial charge in [-0.3, -0.25) is 0 Å². The van der Waals surface area contributed by atoms with Gasteiger partial charge in [-0.05, 0) is 66.7 Å².